The van der Waals surface area contributed by atoms with E-state index in [1.165, 1.54) is 30.6 Å². The van der Waals surface area contributed by atoms with Crippen LogP contribution in [0.3, 0.4) is 0 Å². The van der Waals surface area contributed by atoms with Crippen LogP contribution in [0.2, 0.25) is 0 Å². The number of urea groups is 1. The van der Waals surface area contributed by atoms with E-state index in [1.54, 1.807) is 6.92 Å². The first kappa shape index (κ1) is 14.3. The topological polar surface area (TPSA) is 61.4 Å². The summed E-state index contributed by atoms with van der Waals surface area (Å²) in [5.74, 6) is 0.800. The molecule has 0 radical (unpaired) electrons. The molecule has 0 aromatic carbocycles. The number of hydrogen-bond donors (Lipinski definition) is 3. The largest absolute Gasteiger partial charge is 0.384 e. The highest BCUT2D eigenvalue weighted by molar-refractivity contribution is 7.08. The summed E-state index contributed by atoms with van der Waals surface area (Å²) in [6, 6.07) is 1.68. The Morgan fingerprint density at radius 3 is 2.89 bits per heavy atom. The number of nitrogens with one attached hydrogen (secondary N) is 2. The van der Waals surface area contributed by atoms with Gasteiger partial charge < -0.3 is 15.7 Å². The van der Waals surface area contributed by atoms with E-state index in [0.29, 0.717) is 0 Å². The Kier molecular flexibility index (Phi) is 4.82. The van der Waals surface area contributed by atoms with Gasteiger partial charge in [-0.05, 0) is 41.7 Å². The minimum atomic E-state index is -1.01. The molecule has 5 heteroatoms. The molecule has 1 aliphatic rings. The number of rotatable bonds is 6. The van der Waals surface area contributed by atoms with Gasteiger partial charge in [0.1, 0.15) is 5.60 Å². The molecule has 0 bridgehead atoms. The van der Waals surface area contributed by atoms with E-state index in [0.717, 1.165) is 24.4 Å². The first-order chi connectivity index (χ1) is 9.08. The standard InChI is InChI=1S/C14H22N2O2S/c1-14(18,12-6-8-19-9-12)10-16-13(17)15-7-5-11-3-2-4-11/h6,8-9,11,18H,2-5,7,10H2,1H3,(H2,15,16,17). The molecule has 3 N–H and O–H groups in total. The maximum atomic E-state index is 11.6. The average Bonchev–Trinajstić information content (AvgIpc) is 2.84. The lowest BCUT2D eigenvalue weighted by molar-refractivity contribution is 0.0598. The maximum absolute atomic E-state index is 11.6. The predicted octanol–water partition coefficient (Wildman–Crippen LogP) is 2.45. The van der Waals surface area contributed by atoms with Crippen LogP contribution in [-0.2, 0) is 5.60 Å². The third-order valence-electron chi connectivity index (χ3n) is 3.80. The highest BCUT2D eigenvalue weighted by Crippen LogP contribution is 2.28. The first-order valence-electron chi connectivity index (χ1n) is 6.85. The van der Waals surface area contributed by atoms with E-state index in [-0.39, 0.29) is 12.6 Å². The van der Waals surface area contributed by atoms with Crippen LogP contribution >= 0.6 is 11.3 Å². The zero-order valence-corrected chi connectivity index (χ0v) is 12.1. The van der Waals surface area contributed by atoms with E-state index < -0.39 is 5.60 Å². The molecule has 2 amide bonds. The van der Waals surface area contributed by atoms with Gasteiger partial charge in [-0.2, -0.15) is 11.3 Å². The monoisotopic (exact) mass is 282 g/mol. The lowest BCUT2D eigenvalue weighted by Gasteiger charge is -2.25. The minimum absolute atomic E-state index is 0.199. The van der Waals surface area contributed by atoms with Crippen LogP contribution in [0.25, 0.3) is 0 Å². The molecule has 1 aliphatic carbocycles. The normalized spacial score (nSPS) is 18.4. The van der Waals surface area contributed by atoms with E-state index in [4.69, 9.17) is 0 Å². The van der Waals surface area contributed by atoms with E-state index in [9.17, 15) is 9.90 Å². The van der Waals surface area contributed by atoms with Gasteiger partial charge in [-0.1, -0.05) is 19.3 Å². The number of carbonyl (C=O) groups is 1. The highest BCUT2D eigenvalue weighted by atomic mass is 32.1. The lowest BCUT2D eigenvalue weighted by atomic mass is 9.83. The summed E-state index contributed by atoms with van der Waals surface area (Å²) in [6.07, 6.45) is 5.00. The van der Waals surface area contributed by atoms with Gasteiger partial charge in [-0.25, -0.2) is 4.79 Å². The Balaban J connectivity index is 1.65. The molecule has 19 heavy (non-hydrogen) atoms. The number of hydrogen-bond acceptors (Lipinski definition) is 3. The molecule has 1 saturated carbocycles. The van der Waals surface area contributed by atoms with Crippen molar-refractivity contribution in [2.24, 2.45) is 5.92 Å². The van der Waals surface area contributed by atoms with Crippen LogP contribution in [0, 0.1) is 5.92 Å². The highest BCUT2D eigenvalue weighted by Gasteiger charge is 2.24. The van der Waals surface area contributed by atoms with E-state index in [2.05, 4.69) is 10.6 Å². The molecule has 1 fully saturated rings. The number of aliphatic hydroxyl groups is 1. The summed E-state index contributed by atoms with van der Waals surface area (Å²) < 4.78 is 0. The van der Waals surface area contributed by atoms with Gasteiger partial charge in [0.15, 0.2) is 0 Å². The second-order valence-corrected chi connectivity index (χ2v) is 6.26. The van der Waals surface area contributed by atoms with Crippen molar-refractivity contribution in [3.63, 3.8) is 0 Å². The van der Waals surface area contributed by atoms with Crippen LogP contribution in [0.4, 0.5) is 4.79 Å². The van der Waals surface area contributed by atoms with E-state index >= 15 is 0 Å². The molecule has 0 aliphatic heterocycles. The Morgan fingerprint density at radius 1 is 1.53 bits per heavy atom. The quantitative estimate of drug-likeness (QED) is 0.750. The third kappa shape index (κ3) is 4.21. The molecular formula is C14H22N2O2S. The van der Waals surface area contributed by atoms with Crippen molar-refractivity contribution in [3.05, 3.63) is 22.4 Å². The Morgan fingerprint density at radius 2 is 2.32 bits per heavy atom. The van der Waals surface area contributed by atoms with Crippen LogP contribution in [0.15, 0.2) is 16.8 Å². The van der Waals surface area contributed by atoms with Crippen molar-refractivity contribution in [2.45, 2.75) is 38.2 Å². The fourth-order valence-corrected chi connectivity index (χ4v) is 2.94. The molecule has 1 heterocycles. The predicted molar refractivity (Wildman–Crippen MR) is 77.2 cm³/mol. The molecule has 1 unspecified atom stereocenters. The maximum Gasteiger partial charge on any atom is 0.314 e. The van der Waals surface area contributed by atoms with Crippen molar-refractivity contribution in [2.75, 3.05) is 13.1 Å². The van der Waals surface area contributed by atoms with Crippen molar-refractivity contribution in [1.82, 2.24) is 10.6 Å². The summed E-state index contributed by atoms with van der Waals surface area (Å²) in [7, 11) is 0. The van der Waals surface area contributed by atoms with E-state index in [1.807, 2.05) is 16.8 Å². The first-order valence-corrected chi connectivity index (χ1v) is 7.79. The molecule has 1 atom stereocenters. The molecule has 0 saturated heterocycles. The second-order valence-electron chi connectivity index (χ2n) is 5.48. The molecule has 1 aromatic heterocycles. The van der Waals surface area contributed by atoms with Gasteiger partial charge >= 0.3 is 6.03 Å². The van der Waals surface area contributed by atoms with Crippen LogP contribution in [0.5, 0.6) is 0 Å². The fraction of sp³-hybridized carbons (Fsp3) is 0.643. The minimum Gasteiger partial charge on any atom is -0.384 e. The lowest BCUT2D eigenvalue weighted by Crippen LogP contribution is -2.43. The fourth-order valence-electron chi connectivity index (χ4n) is 2.16. The van der Waals surface area contributed by atoms with Gasteiger partial charge in [-0.3, -0.25) is 0 Å². The van der Waals surface area contributed by atoms with Gasteiger partial charge in [0.25, 0.3) is 0 Å². The average molecular weight is 282 g/mol. The second kappa shape index (κ2) is 6.39. The van der Waals surface area contributed by atoms with Gasteiger partial charge in [-0.15, -0.1) is 0 Å². The van der Waals surface area contributed by atoms with Gasteiger partial charge in [0, 0.05) is 6.54 Å². The van der Waals surface area contributed by atoms with Crippen molar-refractivity contribution in [3.8, 4) is 0 Å². The summed E-state index contributed by atoms with van der Waals surface area (Å²) in [4.78, 5) is 11.6. The molecule has 1 aromatic rings. The van der Waals surface area contributed by atoms with Crippen molar-refractivity contribution in [1.29, 1.82) is 0 Å². The smallest absolute Gasteiger partial charge is 0.314 e. The number of amides is 2. The van der Waals surface area contributed by atoms with Crippen LogP contribution in [0.1, 0.15) is 38.2 Å². The zero-order chi connectivity index (χ0) is 13.7. The molecule has 106 valence electrons. The zero-order valence-electron chi connectivity index (χ0n) is 11.3. The van der Waals surface area contributed by atoms with Crippen molar-refractivity contribution >= 4 is 17.4 Å². The summed E-state index contributed by atoms with van der Waals surface area (Å²) >= 11 is 1.54. The van der Waals surface area contributed by atoms with Crippen LogP contribution in [-0.4, -0.2) is 24.2 Å². The number of carbonyl (C=O) groups excluding carboxylic acids is 1. The van der Waals surface area contributed by atoms with Gasteiger partial charge in [0.2, 0.25) is 0 Å². The SMILES string of the molecule is CC(O)(CNC(=O)NCCC1CCC1)c1ccsc1. The Labute approximate surface area is 118 Å². The summed E-state index contributed by atoms with van der Waals surface area (Å²) in [5.41, 5.74) is -0.169. The van der Waals surface area contributed by atoms with Crippen LogP contribution < -0.4 is 10.6 Å². The third-order valence-corrected chi connectivity index (χ3v) is 4.48. The molecule has 0 spiro atoms. The van der Waals surface area contributed by atoms with Crippen molar-refractivity contribution < 1.29 is 9.90 Å². The molecular weight excluding hydrogens is 260 g/mol. The molecule has 2 rings (SSSR count). The summed E-state index contributed by atoms with van der Waals surface area (Å²) in [6.45, 7) is 2.65. The summed E-state index contributed by atoms with van der Waals surface area (Å²) in [5, 5.41) is 19.6. The Hall–Kier alpha value is -1.07. The van der Waals surface area contributed by atoms with Gasteiger partial charge in [0.05, 0.1) is 6.54 Å². The molecule has 4 nitrogen and oxygen atoms in total. The number of thiophene rings is 1. The Bertz CT molecular complexity index is 400.